The molecular formula is C18H24ClN3O2. The topological polar surface area (TPSA) is 50.0 Å². The molecular weight excluding hydrogens is 326 g/mol. The van der Waals surface area contributed by atoms with Gasteiger partial charge in [-0.05, 0) is 30.2 Å². The SMILES string of the molecule is CN=C(NCCCOCc1ccco1)N(C)Cc1ccccc1Cl. The first-order valence-electron chi connectivity index (χ1n) is 7.96. The molecule has 130 valence electrons. The highest BCUT2D eigenvalue weighted by atomic mass is 35.5. The van der Waals surface area contributed by atoms with Gasteiger partial charge in [0.15, 0.2) is 5.96 Å². The van der Waals surface area contributed by atoms with Crippen LogP contribution in [-0.4, -0.2) is 38.1 Å². The summed E-state index contributed by atoms with van der Waals surface area (Å²) in [5.41, 5.74) is 1.08. The van der Waals surface area contributed by atoms with Crippen LogP contribution in [0.5, 0.6) is 0 Å². The number of aliphatic imine (C=N–C) groups is 1. The Balaban J connectivity index is 1.67. The number of ether oxygens (including phenoxy) is 1. The lowest BCUT2D eigenvalue weighted by Crippen LogP contribution is -2.39. The summed E-state index contributed by atoms with van der Waals surface area (Å²) in [7, 11) is 3.77. The van der Waals surface area contributed by atoms with E-state index in [-0.39, 0.29) is 0 Å². The van der Waals surface area contributed by atoms with Gasteiger partial charge in [-0.3, -0.25) is 4.99 Å². The Kier molecular flexibility index (Phi) is 7.65. The molecule has 0 spiro atoms. The molecule has 0 radical (unpaired) electrons. The molecule has 0 aliphatic heterocycles. The molecule has 0 saturated heterocycles. The van der Waals surface area contributed by atoms with E-state index in [4.69, 9.17) is 20.8 Å². The van der Waals surface area contributed by atoms with Crippen LogP contribution in [0, 0.1) is 0 Å². The van der Waals surface area contributed by atoms with Gasteiger partial charge in [0.2, 0.25) is 0 Å². The number of guanidine groups is 1. The van der Waals surface area contributed by atoms with Crippen LogP contribution in [0.3, 0.4) is 0 Å². The van der Waals surface area contributed by atoms with Crippen molar-refractivity contribution in [3.63, 3.8) is 0 Å². The molecule has 1 aromatic carbocycles. The number of nitrogens with zero attached hydrogens (tertiary/aromatic N) is 2. The summed E-state index contributed by atoms with van der Waals surface area (Å²) in [4.78, 5) is 6.35. The lowest BCUT2D eigenvalue weighted by Gasteiger charge is -2.22. The third kappa shape index (κ3) is 5.91. The molecule has 1 aromatic heterocycles. The van der Waals surface area contributed by atoms with Crippen LogP contribution in [0.15, 0.2) is 52.1 Å². The maximum atomic E-state index is 6.21. The molecule has 0 unspecified atom stereocenters. The van der Waals surface area contributed by atoms with Crippen molar-refractivity contribution in [3.05, 3.63) is 59.0 Å². The molecule has 0 fully saturated rings. The maximum Gasteiger partial charge on any atom is 0.193 e. The summed E-state index contributed by atoms with van der Waals surface area (Å²) in [5, 5.41) is 4.10. The van der Waals surface area contributed by atoms with E-state index in [1.54, 1.807) is 13.3 Å². The first-order chi connectivity index (χ1) is 11.7. The number of furan rings is 1. The fraction of sp³-hybridized carbons (Fsp3) is 0.389. The van der Waals surface area contributed by atoms with E-state index in [2.05, 4.69) is 10.3 Å². The largest absolute Gasteiger partial charge is 0.467 e. The summed E-state index contributed by atoms with van der Waals surface area (Å²) >= 11 is 6.21. The first kappa shape index (κ1) is 18.4. The lowest BCUT2D eigenvalue weighted by molar-refractivity contribution is 0.104. The zero-order chi connectivity index (χ0) is 17.2. The molecule has 5 nitrogen and oxygen atoms in total. The van der Waals surface area contributed by atoms with E-state index in [1.165, 1.54) is 0 Å². The summed E-state index contributed by atoms with van der Waals surface area (Å²) in [6.45, 7) is 2.67. The van der Waals surface area contributed by atoms with Crippen LogP contribution in [0.25, 0.3) is 0 Å². The molecule has 6 heteroatoms. The molecule has 24 heavy (non-hydrogen) atoms. The molecule has 0 aliphatic rings. The van der Waals surface area contributed by atoms with Crippen LogP contribution >= 0.6 is 11.6 Å². The monoisotopic (exact) mass is 349 g/mol. The maximum absolute atomic E-state index is 6.21. The third-order valence-corrected chi connectivity index (χ3v) is 3.88. The molecule has 1 N–H and O–H groups in total. The Labute approximate surface area is 148 Å². The highest BCUT2D eigenvalue weighted by Gasteiger charge is 2.08. The number of benzene rings is 1. The van der Waals surface area contributed by atoms with Gasteiger partial charge in [0.05, 0.1) is 6.26 Å². The van der Waals surface area contributed by atoms with E-state index in [9.17, 15) is 0 Å². The summed E-state index contributed by atoms with van der Waals surface area (Å²) in [6.07, 6.45) is 2.54. The van der Waals surface area contributed by atoms with Gasteiger partial charge in [-0.1, -0.05) is 29.8 Å². The normalized spacial score (nSPS) is 11.5. The fourth-order valence-corrected chi connectivity index (χ4v) is 2.48. The Morgan fingerprint density at radius 3 is 2.83 bits per heavy atom. The second-order valence-electron chi connectivity index (χ2n) is 5.41. The molecule has 0 atom stereocenters. The van der Waals surface area contributed by atoms with E-state index in [0.717, 1.165) is 35.3 Å². The molecule has 2 aromatic rings. The summed E-state index contributed by atoms with van der Waals surface area (Å²) in [6, 6.07) is 11.6. The number of hydrogen-bond acceptors (Lipinski definition) is 3. The average Bonchev–Trinajstić information content (AvgIpc) is 3.09. The van der Waals surface area contributed by atoms with E-state index in [0.29, 0.717) is 19.8 Å². The quantitative estimate of drug-likeness (QED) is 0.450. The fourth-order valence-electron chi connectivity index (χ4n) is 2.28. The van der Waals surface area contributed by atoms with Crippen LogP contribution < -0.4 is 5.32 Å². The van der Waals surface area contributed by atoms with Crippen molar-refractivity contribution in [2.45, 2.75) is 19.6 Å². The van der Waals surface area contributed by atoms with Crippen molar-refractivity contribution in [3.8, 4) is 0 Å². The Bertz CT molecular complexity index is 629. The lowest BCUT2D eigenvalue weighted by atomic mass is 10.2. The smallest absolute Gasteiger partial charge is 0.193 e. The molecule has 0 saturated carbocycles. The van der Waals surface area contributed by atoms with Crippen LogP contribution in [0.1, 0.15) is 17.7 Å². The Morgan fingerprint density at radius 1 is 1.29 bits per heavy atom. The van der Waals surface area contributed by atoms with Crippen molar-refractivity contribution >= 4 is 17.6 Å². The number of rotatable bonds is 8. The van der Waals surface area contributed by atoms with Gasteiger partial charge in [-0.15, -0.1) is 0 Å². The molecule has 1 heterocycles. The molecule has 0 aliphatic carbocycles. The van der Waals surface area contributed by atoms with Gasteiger partial charge in [0.25, 0.3) is 0 Å². The van der Waals surface area contributed by atoms with Gasteiger partial charge in [-0.25, -0.2) is 0 Å². The summed E-state index contributed by atoms with van der Waals surface area (Å²) < 4.78 is 10.8. The van der Waals surface area contributed by atoms with E-state index >= 15 is 0 Å². The number of halogens is 1. The Hall–Kier alpha value is -1.98. The molecule has 2 rings (SSSR count). The first-order valence-corrected chi connectivity index (χ1v) is 8.34. The van der Waals surface area contributed by atoms with Crippen molar-refractivity contribution in [1.82, 2.24) is 10.2 Å². The van der Waals surface area contributed by atoms with Crippen molar-refractivity contribution in [2.24, 2.45) is 4.99 Å². The standard InChI is InChI=1S/C18H24ClN3O2/c1-20-18(22(2)13-15-7-3-4-9-17(15)19)21-10-6-11-23-14-16-8-5-12-24-16/h3-5,7-9,12H,6,10-11,13-14H2,1-2H3,(H,20,21). The Morgan fingerprint density at radius 2 is 2.12 bits per heavy atom. The van der Waals surface area contributed by atoms with Crippen LogP contribution in [0.4, 0.5) is 0 Å². The second-order valence-corrected chi connectivity index (χ2v) is 5.81. The minimum Gasteiger partial charge on any atom is -0.467 e. The zero-order valence-electron chi connectivity index (χ0n) is 14.2. The molecule has 0 bridgehead atoms. The van der Waals surface area contributed by atoms with Crippen molar-refractivity contribution in [1.29, 1.82) is 0 Å². The van der Waals surface area contributed by atoms with Gasteiger partial charge >= 0.3 is 0 Å². The summed E-state index contributed by atoms with van der Waals surface area (Å²) in [5.74, 6) is 1.68. The van der Waals surface area contributed by atoms with Crippen LogP contribution in [-0.2, 0) is 17.9 Å². The predicted octanol–water partition coefficient (Wildman–Crippen LogP) is 3.55. The van der Waals surface area contributed by atoms with Crippen LogP contribution in [0.2, 0.25) is 5.02 Å². The third-order valence-electron chi connectivity index (χ3n) is 3.51. The number of hydrogen-bond donors (Lipinski definition) is 1. The zero-order valence-corrected chi connectivity index (χ0v) is 14.9. The highest BCUT2D eigenvalue weighted by Crippen LogP contribution is 2.16. The van der Waals surface area contributed by atoms with Crippen molar-refractivity contribution in [2.75, 3.05) is 27.2 Å². The van der Waals surface area contributed by atoms with Gasteiger partial charge in [0.1, 0.15) is 12.4 Å². The highest BCUT2D eigenvalue weighted by molar-refractivity contribution is 6.31. The second kappa shape index (κ2) is 10.0. The minimum absolute atomic E-state index is 0.508. The minimum atomic E-state index is 0.508. The van der Waals surface area contributed by atoms with Gasteiger partial charge < -0.3 is 19.4 Å². The van der Waals surface area contributed by atoms with Gasteiger partial charge in [0, 0.05) is 38.8 Å². The van der Waals surface area contributed by atoms with E-state index in [1.807, 2.05) is 48.3 Å². The number of nitrogens with one attached hydrogen (secondary N) is 1. The molecule has 0 amide bonds. The van der Waals surface area contributed by atoms with E-state index < -0.39 is 0 Å². The van der Waals surface area contributed by atoms with Gasteiger partial charge in [-0.2, -0.15) is 0 Å². The average molecular weight is 350 g/mol. The predicted molar refractivity (Wildman–Crippen MR) is 97.3 cm³/mol. The van der Waals surface area contributed by atoms with Crippen molar-refractivity contribution < 1.29 is 9.15 Å².